The fourth-order valence-corrected chi connectivity index (χ4v) is 4.38. The van der Waals surface area contributed by atoms with Gasteiger partial charge in [-0.05, 0) is 43.0 Å². The Balaban J connectivity index is 1.93. The second kappa shape index (κ2) is 7.76. The Morgan fingerprint density at radius 1 is 1.42 bits per heavy atom. The van der Waals surface area contributed by atoms with E-state index in [1.54, 1.807) is 11.3 Å². The third-order valence-electron chi connectivity index (χ3n) is 4.35. The minimum Gasteiger partial charge on any atom is -0.394 e. The molecule has 1 fully saturated rings. The highest BCUT2D eigenvalue weighted by molar-refractivity contribution is 7.17. The van der Waals surface area contributed by atoms with Crippen molar-refractivity contribution in [1.82, 2.24) is 9.97 Å². The van der Waals surface area contributed by atoms with Gasteiger partial charge in [-0.3, -0.25) is 0 Å². The smallest absolute Gasteiger partial charge is 0.141 e. The van der Waals surface area contributed by atoms with Gasteiger partial charge in [-0.2, -0.15) is 0 Å². The van der Waals surface area contributed by atoms with Crippen LogP contribution >= 0.6 is 11.3 Å². The number of ether oxygens (including phenoxy) is 1. The van der Waals surface area contributed by atoms with Gasteiger partial charge in [0.1, 0.15) is 16.5 Å². The topological polar surface area (TPSA) is 58.5 Å². The molecule has 3 rings (SSSR count). The average Bonchev–Trinajstić information content (AvgIpc) is 2.94. The van der Waals surface area contributed by atoms with E-state index in [0.29, 0.717) is 12.5 Å². The number of nitrogens with zero attached hydrogens (tertiary/aromatic N) is 3. The first-order valence-electron chi connectivity index (χ1n) is 8.80. The van der Waals surface area contributed by atoms with Crippen LogP contribution in [0.1, 0.15) is 38.1 Å². The van der Waals surface area contributed by atoms with Crippen molar-refractivity contribution in [2.24, 2.45) is 5.92 Å². The normalized spacial score (nSPS) is 18.7. The molecular formula is C18H27N3O2S. The number of aliphatic hydroxyl groups excluding tert-OH is 1. The molecule has 1 aliphatic heterocycles. The number of aromatic nitrogens is 2. The molecular weight excluding hydrogens is 322 g/mol. The molecule has 1 aliphatic rings. The van der Waals surface area contributed by atoms with Crippen molar-refractivity contribution in [2.45, 2.75) is 46.1 Å². The average molecular weight is 350 g/mol. The Kier molecular flexibility index (Phi) is 5.69. The zero-order valence-electron chi connectivity index (χ0n) is 14.8. The lowest BCUT2D eigenvalue weighted by atomic mass is 10.0. The third kappa shape index (κ3) is 3.87. The predicted octanol–water partition coefficient (Wildman–Crippen LogP) is 3.18. The molecule has 3 heterocycles. The summed E-state index contributed by atoms with van der Waals surface area (Å²) in [5, 5.41) is 12.5. The Morgan fingerprint density at radius 3 is 3.00 bits per heavy atom. The van der Waals surface area contributed by atoms with Crippen molar-refractivity contribution in [1.29, 1.82) is 0 Å². The van der Waals surface area contributed by atoms with E-state index in [9.17, 15) is 0 Å². The van der Waals surface area contributed by atoms with E-state index in [-0.39, 0.29) is 12.7 Å². The van der Waals surface area contributed by atoms with Crippen molar-refractivity contribution in [3.63, 3.8) is 0 Å². The van der Waals surface area contributed by atoms with Gasteiger partial charge in [0.05, 0.1) is 24.7 Å². The molecule has 0 radical (unpaired) electrons. The lowest BCUT2D eigenvalue weighted by molar-refractivity contribution is 0.0214. The van der Waals surface area contributed by atoms with Crippen LogP contribution in [0.2, 0.25) is 0 Å². The number of hydrogen-bond acceptors (Lipinski definition) is 6. The molecule has 0 saturated carbocycles. The number of thiophene rings is 1. The Labute approximate surface area is 147 Å². The molecule has 2 aromatic heterocycles. The van der Waals surface area contributed by atoms with Gasteiger partial charge in [-0.25, -0.2) is 9.97 Å². The summed E-state index contributed by atoms with van der Waals surface area (Å²) in [4.78, 5) is 12.9. The molecule has 0 aromatic carbocycles. The fraction of sp³-hybridized carbons (Fsp3) is 0.667. The van der Waals surface area contributed by atoms with Crippen LogP contribution in [0.25, 0.3) is 10.2 Å². The molecule has 1 unspecified atom stereocenters. The van der Waals surface area contributed by atoms with Crippen LogP contribution < -0.4 is 4.90 Å². The van der Waals surface area contributed by atoms with Crippen LogP contribution in [0.5, 0.6) is 0 Å². The molecule has 132 valence electrons. The first kappa shape index (κ1) is 17.6. The maximum atomic E-state index is 8.99. The molecule has 1 atom stereocenters. The number of aliphatic hydroxyl groups is 1. The van der Waals surface area contributed by atoms with Crippen molar-refractivity contribution < 1.29 is 9.84 Å². The van der Waals surface area contributed by atoms with Gasteiger partial charge in [-0.15, -0.1) is 11.3 Å². The first-order chi connectivity index (χ1) is 11.6. The molecule has 5 nitrogen and oxygen atoms in total. The summed E-state index contributed by atoms with van der Waals surface area (Å²) in [7, 11) is 0. The monoisotopic (exact) mass is 349 g/mol. The lowest BCUT2D eigenvalue weighted by Gasteiger charge is -2.34. The van der Waals surface area contributed by atoms with Crippen LogP contribution in [-0.2, 0) is 11.2 Å². The number of rotatable bonds is 6. The molecule has 0 amide bonds. The number of anilines is 1. The van der Waals surface area contributed by atoms with Crippen molar-refractivity contribution in [3.8, 4) is 0 Å². The highest BCUT2D eigenvalue weighted by Gasteiger charge is 2.25. The Bertz CT molecular complexity index is 686. The highest BCUT2D eigenvalue weighted by Crippen LogP contribution is 2.34. The number of fused-ring (bicyclic) bond motifs is 1. The number of piperidine rings is 1. The van der Waals surface area contributed by atoms with Gasteiger partial charge in [0, 0.05) is 13.1 Å². The summed E-state index contributed by atoms with van der Waals surface area (Å²) in [5.74, 6) is 2.50. The molecule has 6 heteroatoms. The summed E-state index contributed by atoms with van der Waals surface area (Å²) in [6.45, 7) is 8.79. The molecule has 1 N–H and O–H groups in total. The zero-order chi connectivity index (χ0) is 17.1. The van der Waals surface area contributed by atoms with Crippen molar-refractivity contribution in [3.05, 3.63) is 16.8 Å². The molecule has 24 heavy (non-hydrogen) atoms. The van der Waals surface area contributed by atoms with E-state index in [0.717, 1.165) is 48.8 Å². The quantitative estimate of drug-likeness (QED) is 0.868. The molecule has 2 aromatic rings. The molecule has 0 bridgehead atoms. The number of aryl methyl sites for hydroxylation is 1. The van der Waals surface area contributed by atoms with Crippen LogP contribution in [0.4, 0.5) is 5.82 Å². The van der Waals surface area contributed by atoms with Crippen LogP contribution in [0, 0.1) is 12.8 Å². The summed E-state index contributed by atoms with van der Waals surface area (Å²) >= 11 is 1.72. The van der Waals surface area contributed by atoms with Gasteiger partial charge in [0.2, 0.25) is 0 Å². The summed E-state index contributed by atoms with van der Waals surface area (Å²) < 4.78 is 5.77. The van der Waals surface area contributed by atoms with Gasteiger partial charge >= 0.3 is 0 Å². The molecule has 0 aliphatic carbocycles. The van der Waals surface area contributed by atoms with E-state index in [1.165, 1.54) is 10.9 Å². The zero-order valence-corrected chi connectivity index (χ0v) is 15.6. The number of hydrogen-bond donors (Lipinski definition) is 1. The molecule has 1 saturated heterocycles. The molecule has 0 spiro atoms. The van der Waals surface area contributed by atoms with Crippen LogP contribution in [-0.4, -0.2) is 47.5 Å². The van der Waals surface area contributed by atoms with E-state index in [1.807, 2.05) is 6.92 Å². The summed E-state index contributed by atoms with van der Waals surface area (Å²) in [6.07, 6.45) is 3.36. The fourth-order valence-electron chi connectivity index (χ4n) is 3.39. The largest absolute Gasteiger partial charge is 0.394 e. The Morgan fingerprint density at radius 2 is 2.25 bits per heavy atom. The van der Waals surface area contributed by atoms with Gasteiger partial charge < -0.3 is 14.7 Å². The van der Waals surface area contributed by atoms with Crippen molar-refractivity contribution >= 4 is 27.4 Å². The van der Waals surface area contributed by atoms with Gasteiger partial charge in [-0.1, -0.05) is 13.8 Å². The second-order valence-electron chi connectivity index (χ2n) is 6.94. The maximum absolute atomic E-state index is 8.99. The minimum absolute atomic E-state index is 0.0798. The predicted molar refractivity (Wildman–Crippen MR) is 99.0 cm³/mol. The van der Waals surface area contributed by atoms with Crippen LogP contribution in [0.15, 0.2) is 5.38 Å². The van der Waals surface area contributed by atoms with Gasteiger partial charge in [0.15, 0.2) is 0 Å². The highest BCUT2D eigenvalue weighted by atomic mass is 32.1. The lowest BCUT2D eigenvalue weighted by Crippen LogP contribution is -2.40. The standard InChI is InChI=1S/C18H27N3O2S/c1-12(2)9-14-11-24-18-16(14)17(19-13(3)20-18)21-6-4-5-15(10-21)23-8-7-22/h11-12,15,22H,4-10H2,1-3H3. The van der Waals surface area contributed by atoms with Crippen LogP contribution in [0.3, 0.4) is 0 Å². The van der Waals surface area contributed by atoms with E-state index in [4.69, 9.17) is 14.8 Å². The first-order valence-corrected chi connectivity index (χ1v) is 9.68. The second-order valence-corrected chi connectivity index (χ2v) is 7.80. The van der Waals surface area contributed by atoms with Crippen molar-refractivity contribution in [2.75, 3.05) is 31.2 Å². The van der Waals surface area contributed by atoms with E-state index >= 15 is 0 Å². The Hall–Kier alpha value is -1.24. The van der Waals surface area contributed by atoms with E-state index < -0.39 is 0 Å². The maximum Gasteiger partial charge on any atom is 0.141 e. The third-order valence-corrected chi connectivity index (χ3v) is 5.27. The minimum atomic E-state index is 0.0798. The SMILES string of the molecule is Cc1nc(N2CCCC(OCCO)C2)c2c(CC(C)C)csc2n1. The summed E-state index contributed by atoms with van der Waals surface area (Å²) in [5.41, 5.74) is 1.36. The summed E-state index contributed by atoms with van der Waals surface area (Å²) in [6, 6.07) is 0. The van der Waals surface area contributed by atoms with Gasteiger partial charge in [0.25, 0.3) is 0 Å². The van der Waals surface area contributed by atoms with E-state index in [2.05, 4.69) is 29.1 Å².